The molecule has 0 unspecified atom stereocenters. The average molecular weight is 360 g/mol. The number of nitrogens with zero attached hydrogens (tertiary/aromatic N) is 3. The van der Waals surface area contributed by atoms with Crippen LogP contribution in [0.3, 0.4) is 0 Å². The van der Waals surface area contributed by atoms with Crippen molar-refractivity contribution in [1.29, 1.82) is 0 Å². The van der Waals surface area contributed by atoms with Gasteiger partial charge in [-0.2, -0.15) is 0 Å². The molecule has 2 aromatic rings. The quantitative estimate of drug-likeness (QED) is 0.768. The van der Waals surface area contributed by atoms with E-state index in [1.807, 2.05) is 23.1 Å². The molecule has 2 aromatic carbocycles. The molecule has 0 atom stereocenters. The Bertz CT molecular complexity index is 850. The normalized spacial score (nSPS) is 15.8. The number of carbonyl (C=O) groups excluding carboxylic acids is 1. The number of halogens is 2. The number of carbonyl (C=O) groups is 1. The fourth-order valence-corrected chi connectivity index (χ4v) is 3.44. The van der Waals surface area contributed by atoms with Crippen molar-refractivity contribution in [1.82, 2.24) is 0 Å². The number of aliphatic imine (C=N–C) groups is 1. The zero-order valence-corrected chi connectivity index (χ0v) is 14.4. The van der Waals surface area contributed by atoms with E-state index >= 15 is 0 Å². The smallest absolute Gasteiger partial charge is 0.206 e. The Morgan fingerprint density at radius 1 is 1.08 bits per heavy atom. The summed E-state index contributed by atoms with van der Waals surface area (Å²) in [7, 11) is 0. The first-order valence-electron chi connectivity index (χ1n) is 7.82. The summed E-state index contributed by atoms with van der Waals surface area (Å²) in [6.45, 7) is 1.94. The molecule has 0 saturated heterocycles. The van der Waals surface area contributed by atoms with E-state index in [0.29, 0.717) is 15.6 Å². The molecule has 4 rings (SSSR count). The SMILES string of the molecule is O=C(CN1C2=NCCCN2c2ccccc21)c1ccc(Cl)c(Cl)c1. The molecule has 6 heteroatoms. The predicted octanol–water partition coefficient (Wildman–Crippen LogP) is 4.26. The van der Waals surface area contributed by atoms with Crippen molar-refractivity contribution >= 4 is 46.3 Å². The summed E-state index contributed by atoms with van der Waals surface area (Å²) in [5.41, 5.74) is 2.68. The molecule has 0 saturated carbocycles. The molecule has 2 aliphatic rings. The maximum Gasteiger partial charge on any atom is 0.206 e. The maximum absolute atomic E-state index is 12.7. The first-order chi connectivity index (χ1) is 11.6. The van der Waals surface area contributed by atoms with Gasteiger partial charge in [0, 0.05) is 18.7 Å². The lowest BCUT2D eigenvalue weighted by Crippen LogP contribution is -2.43. The van der Waals surface area contributed by atoms with Crippen molar-refractivity contribution in [2.45, 2.75) is 6.42 Å². The first kappa shape index (κ1) is 15.5. The van der Waals surface area contributed by atoms with Crippen molar-refractivity contribution in [3.63, 3.8) is 0 Å². The van der Waals surface area contributed by atoms with Crippen LogP contribution in [-0.4, -0.2) is 31.4 Å². The summed E-state index contributed by atoms with van der Waals surface area (Å²) in [4.78, 5) is 21.5. The number of para-hydroxylation sites is 2. The first-order valence-corrected chi connectivity index (χ1v) is 8.57. The summed E-state index contributed by atoms with van der Waals surface area (Å²) < 4.78 is 0. The largest absolute Gasteiger partial charge is 0.310 e. The number of anilines is 2. The van der Waals surface area contributed by atoms with Crippen LogP contribution in [0.1, 0.15) is 16.8 Å². The van der Waals surface area contributed by atoms with Gasteiger partial charge in [0.1, 0.15) is 0 Å². The number of hydrogen-bond donors (Lipinski definition) is 0. The second kappa shape index (κ2) is 6.11. The van der Waals surface area contributed by atoms with E-state index in [1.165, 1.54) is 0 Å². The van der Waals surface area contributed by atoms with Gasteiger partial charge < -0.3 is 9.80 Å². The highest BCUT2D eigenvalue weighted by Crippen LogP contribution is 2.38. The van der Waals surface area contributed by atoms with Crippen LogP contribution in [0.2, 0.25) is 10.0 Å². The molecule has 0 radical (unpaired) electrons. The van der Waals surface area contributed by atoms with E-state index in [1.54, 1.807) is 18.2 Å². The molecule has 2 heterocycles. The minimum atomic E-state index is -0.0153. The summed E-state index contributed by atoms with van der Waals surface area (Å²) in [6, 6.07) is 13.1. The Labute approximate surface area is 150 Å². The maximum atomic E-state index is 12.7. The number of rotatable bonds is 3. The van der Waals surface area contributed by atoms with E-state index < -0.39 is 0 Å². The van der Waals surface area contributed by atoms with E-state index in [2.05, 4.69) is 16.0 Å². The lowest BCUT2D eigenvalue weighted by Gasteiger charge is -2.26. The molecule has 0 fully saturated rings. The average Bonchev–Trinajstić information content (AvgIpc) is 2.92. The number of guanidine groups is 1. The monoisotopic (exact) mass is 359 g/mol. The van der Waals surface area contributed by atoms with Crippen molar-refractivity contribution in [3.05, 3.63) is 58.1 Å². The number of ketones is 1. The second-order valence-electron chi connectivity index (χ2n) is 5.81. The molecule has 4 nitrogen and oxygen atoms in total. The van der Waals surface area contributed by atoms with Gasteiger partial charge in [-0.15, -0.1) is 0 Å². The van der Waals surface area contributed by atoms with Gasteiger partial charge in [-0.1, -0.05) is 35.3 Å². The molecule has 0 aromatic heterocycles. The van der Waals surface area contributed by atoms with E-state index in [4.69, 9.17) is 23.2 Å². The Morgan fingerprint density at radius 2 is 1.88 bits per heavy atom. The van der Waals surface area contributed by atoms with Crippen LogP contribution in [0.25, 0.3) is 0 Å². The summed E-state index contributed by atoms with van der Waals surface area (Å²) in [5, 5.41) is 0.837. The van der Waals surface area contributed by atoms with E-state index in [-0.39, 0.29) is 12.3 Å². The predicted molar refractivity (Wildman–Crippen MR) is 98.8 cm³/mol. The fourth-order valence-electron chi connectivity index (χ4n) is 3.14. The summed E-state index contributed by atoms with van der Waals surface area (Å²) >= 11 is 12.0. The molecule has 0 N–H and O–H groups in total. The van der Waals surface area contributed by atoms with Crippen molar-refractivity contribution in [3.8, 4) is 0 Å². The Kier molecular flexibility index (Phi) is 3.94. The molecular formula is C18H15Cl2N3O. The van der Waals surface area contributed by atoms with Gasteiger partial charge in [0.15, 0.2) is 5.78 Å². The number of fused-ring (bicyclic) bond motifs is 3. The molecule has 24 heavy (non-hydrogen) atoms. The van der Waals surface area contributed by atoms with Crippen LogP contribution >= 0.6 is 23.2 Å². The minimum absolute atomic E-state index is 0.0153. The third kappa shape index (κ3) is 2.56. The molecule has 122 valence electrons. The highest BCUT2D eigenvalue weighted by molar-refractivity contribution is 6.42. The van der Waals surface area contributed by atoms with Gasteiger partial charge in [-0.3, -0.25) is 9.79 Å². The summed E-state index contributed by atoms with van der Waals surface area (Å²) in [5.74, 6) is 0.842. The molecule has 0 bridgehead atoms. The lowest BCUT2D eigenvalue weighted by atomic mass is 10.1. The van der Waals surface area contributed by atoms with Gasteiger partial charge >= 0.3 is 0 Å². The molecular weight excluding hydrogens is 345 g/mol. The van der Waals surface area contributed by atoms with Crippen LogP contribution in [0.15, 0.2) is 47.5 Å². The van der Waals surface area contributed by atoms with E-state index in [9.17, 15) is 4.79 Å². The van der Waals surface area contributed by atoms with Gasteiger partial charge in [-0.05, 0) is 36.8 Å². The van der Waals surface area contributed by atoms with Crippen LogP contribution in [0.5, 0.6) is 0 Å². The van der Waals surface area contributed by atoms with Crippen molar-refractivity contribution in [2.75, 3.05) is 29.4 Å². The van der Waals surface area contributed by atoms with Gasteiger partial charge in [0.25, 0.3) is 0 Å². The Balaban J connectivity index is 1.67. The molecule has 0 aliphatic carbocycles. The Hall–Kier alpha value is -2.04. The number of Topliss-reactive ketones (excluding diaryl/α,β-unsaturated/α-hetero) is 1. The van der Waals surface area contributed by atoms with Crippen LogP contribution in [0, 0.1) is 0 Å². The lowest BCUT2D eigenvalue weighted by molar-refractivity contribution is 0.100. The molecule has 0 spiro atoms. The van der Waals surface area contributed by atoms with Crippen molar-refractivity contribution in [2.24, 2.45) is 4.99 Å². The van der Waals surface area contributed by atoms with E-state index in [0.717, 1.165) is 36.8 Å². The third-order valence-corrected chi connectivity index (χ3v) is 5.02. The fraction of sp³-hybridized carbons (Fsp3) is 0.222. The number of benzene rings is 2. The third-order valence-electron chi connectivity index (χ3n) is 4.28. The van der Waals surface area contributed by atoms with Gasteiger partial charge in [0.05, 0.1) is 28.0 Å². The highest BCUT2D eigenvalue weighted by Gasteiger charge is 2.34. The molecule has 2 aliphatic heterocycles. The topological polar surface area (TPSA) is 35.9 Å². The number of hydrogen-bond acceptors (Lipinski definition) is 4. The highest BCUT2D eigenvalue weighted by atomic mass is 35.5. The zero-order valence-electron chi connectivity index (χ0n) is 12.9. The van der Waals surface area contributed by atoms with Crippen LogP contribution < -0.4 is 9.80 Å². The Morgan fingerprint density at radius 3 is 2.67 bits per heavy atom. The zero-order chi connectivity index (χ0) is 16.7. The minimum Gasteiger partial charge on any atom is -0.310 e. The van der Waals surface area contributed by atoms with Crippen molar-refractivity contribution < 1.29 is 4.79 Å². The molecule has 0 amide bonds. The summed E-state index contributed by atoms with van der Waals surface area (Å²) in [6.07, 6.45) is 1.02. The van der Waals surface area contributed by atoms with Crippen LogP contribution in [-0.2, 0) is 0 Å². The van der Waals surface area contributed by atoms with Crippen LogP contribution in [0.4, 0.5) is 11.4 Å². The van der Waals surface area contributed by atoms with Gasteiger partial charge in [0.2, 0.25) is 5.96 Å². The van der Waals surface area contributed by atoms with Gasteiger partial charge in [-0.25, -0.2) is 0 Å². The second-order valence-corrected chi connectivity index (χ2v) is 6.63. The standard InChI is InChI=1S/C18H15Cl2N3O/c19-13-7-6-12(10-14(13)20)17(24)11-23-16-5-2-1-4-15(16)22-9-3-8-21-18(22)23/h1-2,4-7,10H,3,8-9,11H2.